The number of rotatable bonds is 1. The fourth-order valence-corrected chi connectivity index (χ4v) is 2.13. The van der Waals surface area contributed by atoms with Gasteiger partial charge in [-0.25, -0.2) is 4.79 Å². The Hall–Kier alpha value is -2.62. The van der Waals surface area contributed by atoms with E-state index in [2.05, 4.69) is 4.99 Å². The number of methoxy groups -OCH3 is 1. The standard InChI is InChI=1S/C16H13NO3/c1-19-16(18)13-7-4-8-14-15(13)17-9-11-5-2-3-6-12(11)10-20-14/h2-9H,10H2,1H3. The molecule has 1 heterocycles. The number of fused-ring (bicyclic) bond motifs is 2. The van der Waals surface area contributed by atoms with E-state index in [1.54, 1.807) is 24.4 Å². The summed E-state index contributed by atoms with van der Waals surface area (Å²) in [5.41, 5.74) is 2.96. The van der Waals surface area contributed by atoms with Crippen molar-refractivity contribution in [2.75, 3.05) is 7.11 Å². The van der Waals surface area contributed by atoms with Crippen LogP contribution in [0.4, 0.5) is 5.69 Å². The molecule has 0 saturated carbocycles. The summed E-state index contributed by atoms with van der Waals surface area (Å²) >= 11 is 0. The summed E-state index contributed by atoms with van der Waals surface area (Å²) in [6.45, 7) is 0.444. The molecule has 4 nitrogen and oxygen atoms in total. The largest absolute Gasteiger partial charge is 0.487 e. The molecule has 100 valence electrons. The monoisotopic (exact) mass is 267 g/mol. The quantitative estimate of drug-likeness (QED) is 0.746. The maximum Gasteiger partial charge on any atom is 0.340 e. The Balaban J connectivity index is 2.12. The fourth-order valence-electron chi connectivity index (χ4n) is 2.13. The van der Waals surface area contributed by atoms with Gasteiger partial charge in [-0.05, 0) is 23.3 Å². The Morgan fingerprint density at radius 3 is 2.90 bits per heavy atom. The second-order valence-electron chi connectivity index (χ2n) is 4.39. The van der Waals surface area contributed by atoms with Gasteiger partial charge < -0.3 is 9.47 Å². The van der Waals surface area contributed by atoms with Crippen LogP contribution in [0.1, 0.15) is 21.5 Å². The topological polar surface area (TPSA) is 47.9 Å². The molecule has 0 saturated heterocycles. The van der Waals surface area contributed by atoms with Crippen LogP contribution in [0.15, 0.2) is 47.5 Å². The van der Waals surface area contributed by atoms with Crippen molar-refractivity contribution in [3.8, 4) is 5.75 Å². The van der Waals surface area contributed by atoms with E-state index in [0.29, 0.717) is 23.6 Å². The highest BCUT2D eigenvalue weighted by Crippen LogP contribution is 2.34. The lowest BCUT2D eigenvalue weighted by Gasteiger charge is -2.15. The highest BCUT2D eigenvalue weighted by Gasteiger charge is 2.17. The summed E-state index contributed by atoms with van der Waals surface area (Å²) in [6, 6.07) is 13.1. The van der Waals surface area contributed by atoms with Crippen LogP contribution in [-0.4, -0.2) is 19.3 Å². The Kier molecular flexibility index (Phi) is 3.21. The minimum atomic E-state index is -0.420. The molecule has 2 aromatic carbocycles. The molecule has 1 aliphatic rings. The fraction of sp³-hybridized carbons (Fsp3) is 0.125. The Labute approximate surface area is 116 Å². The van der Waals surface area contributed by atoms with Gasteiger partial charge in [0.25, 0.3) is 0 Å². The van der Waals surface area contributed by atoms with Gasteiger partial charge in [-0.2, -0.15) is 0 Å². The number of ether oxygens (including phenoxy) is 2. The molecule has 1 aliphatic heterocycles. The van der Waals surface area contributed by atoms with Crippen molar-refractivity contribution >= 4 is 17.9 Å². The van der Waals surface area contributed by atoms with Crippen LogP contribution in [0.2, 0.25) is 0 Å². The van der Waals surface area contributed by atoms with E-state index in [-0.39, 0.29) is 0 Å². The summed E-state index contributed by atoms with van der Waals surface area (Å²) in [4.78, 5) is 16.2. The average Bonchev–Trinajstić information content (AvgIpc) is 2.48. The van der Waals surface area contributed by atoms with Gasteiger partial charge in [0, 0.05) is 6.21 Å². The number of hydrogen-bond donors (Lipinski definition) is 0. The van der Waals surface area contributed by atoms with Crippen molar-refractivity contribution in [3.63, 3.8) is 0 Å². The molecule has 0 atom stereocenters. The predicted octanol–water partition coefficient (Wildman–Crippen LogP) is 3.12. The highest BCUT2D eigenvalue weighted by atomic mass is 16.5. The summed E-state index contributed by atoms with van der Waals surface area (Å²) in [5, 5.41) is 0. The molecular formula is C16H13NO3. The second-order valence-corrected chi connectivity index (χ2v) is 4.39. The Morgan fingerprint density at radius 1 is 1.20 bits per heavy atom. The highest BCUT2D eigenvalue weighted by molar-refractivity contribution is 5.98. The van der Waals surface area contributed by atoms with Crippen molar-refractivity contribution in [1.29, 1.82) is 0 Å². The number of esters is 1. The van der Waals surface area contributed by atoms with Crippen LogP contribution >= 0.6 is 0 Å². The first-order valence-electron chi connectivity index (χ1n) is 6.25. The van der Waals surface area contributed by atoms with E-state index in [1.807, 2.05) is 24.3 Å². The molecule has 0 N–H and O–H groups in total. The number of nitrogens with zero attached hydrogens (tertiary/aromatic N) is 1. The lowest BCUT2D eigenvalue weighted by Crippen LogP contribution is -2.06. The minimum absolute atomic E-state index is 0.403. The van der Waals surface area contributed by atoms with Gasteiger partial charge in [-0.1, -0.05) is 30.3 Å². The van der Waals surface area contributed by atoms with Crippen molar-refractivity contribution in [3.05, 3.63) is 59.2 Å². The predicted molar refractivity (Wildman–Crippen MR) is 75.8 cm³/mol. The molecule has 2 aromatic rings. The molecule has 4 heteroatoms. The average molecular weight is 267 g/mol. The molecule has 0 bridgehead atoms. The van der Waals surface area contributed by atoms with Crippen molar-refractivity contribution < 1.29 is 14.3 Å². The summed E-state index contributed by atoms with van der Waals surface area (Å²) in [5.74, 6) is 0.162. The SMILES string of the molecule is COC(=O)c1cccc2c1N=Cc1ccccc1CO2. The number of carbonyl (C=O) groups is 1. The third-order valence-electron chi connectivity index (χ3n) is 3.18. The van der Waals surface area contributed by atoms with Gasteiger partial charge in [0.15, 0.2) is 0 Å². The number of benzene rings is 2. The molecular weight excluding hydrogens is 254 g/mol. The summed E-state index contributed by atoms with van der Waals surface area (Å²) in [7, 11) is 1.35. The first-order valence-corrected chi connectivity index (χ1v) is 6.25. The van der Waals surface area contributed by atoms with Crippen LogP contribution < -0.4 is 4.74 Å². The van der Waals surface area contributed by atoms with E-state index in [1.165, 1.54) is 7.11 Å². The molecule has 0 radical (unpaired) electrons. The number of carbonyl (C=O) groups excluding carboxylic acids is 1. The molecule has 0 fully saturated rings. The Bertz CT molecular complexity index is 692. The van der Waals surface area contributed by atoms with Gasteiger partial charge in [-0.3, -0.25) is 4.99 Å². The van der Waals surface area contributed by atoms with Gasteiger partial charge in [0.05, 0.1) is 12.7 Å². The lowest BCUT2D eigenvalue weighted by atomic mass is 10.1. The normalized spacial score (nSPS) is 12.4. The van der Waals surface area contributed by atoms with Gasteiger partial charge in [-0.15, -0.1) is 0 Å². The van der Waals surface area contributed by atoms with Crippen molar-refractivity contribution in [1.82, 2.24) is 0 Å². The number of aliphatic imine (C=N–C) groups is 1. The minimum Gasteiger partial charge on any atom is -0.487 e. The zero-order valence-corrected chi connectivity index (χ0v) is 11.0. The third-order valence-corrected chi connectivity index (χ3v) is 3.18. The number of hydrogen-bond acceptors (Lipinski definition) is 4. The maximum absolute atomic E-state index is 11.8. The van der Waals surface area contributed by atoms with E-state index >= 15 is 0 Å². The molecule has 3 rings (SSSR count). The van der Waals surface area contributed by atoms with Gasteiger partial charge in [0.2, 0.25) is 0 Å². The summed E-state index contributed by atoms with van der Waals surface area (Å²) < 4.78 is 10.5. The van der Waals surface area contributed by atoms with E-state index in [0.717, 1.165) is 11.1 Å². The molecule has 20 heavy (non-hydrogen) atoms. The molecule has 0 spiro atoms. The van der Waals surface area contributed by atoms with Crippen molar-refractivity contribution in [2.45, 2.75) is 6.61 Å². The van der Waals surface area contributed by atoms with Crippen LogP contribution in [0.3, 0.4) is 0 Å². The molecule has 0 unspecified atom stereocenters. The number of para-hydroxylation sites is 1. The Morgan fingerprint density at radius 2 is 2.05 bits per heavy atom. The van der Waals surface area contributed by atoms with E-state index in [9.17, 15) is 4.79 Å². The molecule has 0 aromatic heterocycles. The van der Waals surface area contributed by atoms with Crippen LogP contribution in [0, 0.1) is 0 Å². The van der Waals surface area contributed by atoms with E-state index < -0.39 is 5.97 Å². The zero-order chi connectivity index (χ0) is 13.9. The van der Waals surface area contributed by atoms with Crippen molar-refractivity contribution in [2.24, 2.45) is 4.99 Å². The summed E-state index contributed by atoms with van der Waals surface area (Å²) in [6.07, 6.45) is 1.75. The maximum atomic E-state index is 11.8. The second kappa shape index (κ2) is 5.17. The van der Waals surface area contributed by atoms with E-state index in [4.69, 9.17) is 9.47 Å². The first-order chi connectivity index (χ1) is 9.79. The van der Waals surface area contributed by atoms with Crippen LogP contribution in [-0.2, 0) is 11.3 Å². The van der Waals surface area contributed by atoms with Crippen LogP contribution in [0.25, 0.3) is 0 Å². The lowest BCUT2D eigenvalue weighted by molar-refractivity contribution is 0.0601. The van der Waals surface area contributed by atoms with Gasteiger partial charge in [0.1, 0.15) is 18.0 Å². The van der Waals surface area contributed by atoms with Crippen LogP contribution in [0.5, 0.6) is 5.75 Å². The first kappa shape index (κ1) is 12.4. The molecule has 0 aliphatic carbocycles. The molecule has 0 amide bonds. The third kappa shape index (κ3) is 2.16. The zero-order valence-electron chi connectivity index (χ0n) is 11.0. The smallest absolute Gasteiger partial charge is 0.340 e. The van der Waals surface area contributed by atoms with Gasteiger partial charge >= 0.3 is 5.97 Å².